The van der Waals surface area contributed by atoms with E-state index in [4.69, 9.17) is 4.74 Å². The van der Waals surface area contributed by atoms with Crippen molar-refractivity contribution in [3.63, 3.8) is 0 Å². The van der Waals surface area contributed by atoms with E-state index >= 15 is 0 Å². The standard InChI is InChI=1S/C15H22O2/c1-9-4-5-11(10(2)8-16)13-12(9)6-7-15(3)14(13)17-15/h8-9,11-14H,2,4-7H2,1,3H3/t9-,11+,12+,13-,14?,15?/m1/s1. The van der Waals surface area contributed by atoms with Gasteiger partial charge in [0.25, 0.3) is 0 Å². The molecule has 0 bridgehead atoms. The summed E-state index contributed by atoms with van der Waals surface area (Å²) in [5.74, 6) is 2.45. The first-order chi connectivity index (χ1) is 8.07. The van der Waals surface area contributed by atoms with Crippen LogP contribution in [-0.2, 0) is 9.53 Å². The van der Waals surface area contributed by atoms with Crippen LogP contribution in [0.1, 0.15) is 39.5 Å². The highest BCUT2D eigenvalue weighted by Crippen LogP contribution is 2.59. The van der Waals surface area contributed by atoms with Gasteiger partial charge in [-0.05, 0) is 61.9 Å². The highest BCUT2D eigenvalue weighted by atomic mass is 16.6. The van der Waals surface area contributed by atoms with Gasteiger partial charge in [0.1, 0.15) is 6.29 Å². The van der Waals surface area contributed by atoms with Crippen LogP contribution in [0.4, 0.5) is 0 Å². The van der Waals surface area contributed by atoms with Crippen LogP contribution < -0.4 is 0 Å². The summed E-state index contributed by atoms with van der Waals surface area (Å²) in [4.78, 5) is 11.0. The average Bonchev–Trinajstić information content (AvgIpc) is 3.01. The molecule has 3 rings (SSSR count). The zero-order chi connectivity index (χ0) is 12.2. The third kappa shape index (κ3) is 1.61. The van der Waals surface area contributed by atoms with Crippen molar-refractivity contribution in [1.29, 1.82) is 0 Å². The predicted octanol–water partition coefficient (Wildman–Crippen LogP) is 2.97. The number of aldehydes is 1. The van der Waals surface area contributed by atoms with Crippen molar-refractivity contribution in [2.75, 3.05) is 0 Å². The number of allylic oxidation sites excluding steroid dienone is 1. The highest BCUT2D eigenvalue weighted by molar-refractivity contribution is 5.73. The van der Waals surface area contributed by atoms with Gasteiger partial charge in [-0.2, -0.15) is 0 Å². The summed E-state index contributed by atoms with van der Waals surface area (Å²) < 4.78 is 5.95. The quantitative estimate of drug-likeness (QED) is 0.417. The largest absolute Gasteiger partial charge is 0.366 e. The second-order valence-corrected chi connectivity index (χ2v) is 6.48. The van der Waals surface area contributed by atoms with E-state index in [2.05, 4.69) is 20.4 Å². The minimum atomic E-state index is 0.125. The van der Waals surface area contributed by atoms with Crippen LogP contribution in [0.5, 0.6) is 0 Å². The summed E-state index contributed by atoms with van der Waals surface area (Å²) in [7, 11) is 0. The summed E-state index contributed by atoms with van der Waals surface area (Å²) in [5, 5.41) is 0. The maximum Gasteiger partial charge on any atom is 0.145 e. The molecule has 3 aliphatic rings. The molecule has 1 heterocycles. The predicted molar refractivity (Wildman–Crippen MR) is 66.6 cm³/mol. The van der Waals surface area contributed by atoms with Gasteiger partial charge in [0.2, 0.25) is 0 Å². The van der Waals surface area contributed by atoms with Gasteiger partial charge in [-0.15, -0.1) is 0 Å². The van der Waals surface area contributed by atoms with Gasteiger partial charge in [-0.25, -0.2) is 0 Å². The first kappa shape index (κ1) is 11.5. The average molecular weight is 234 g/mol. The zero-order valence-electron chi connectivity index (χ0n) is 10.8. The molecule has 0 spiro atoms. The molecule has 0 radical (unpaired) electrons. The molecule has 0 aromatic rings. The first-order valence-electron chi connectivity index (χ1n) is 6.88. The van der Waals surface area contributed by atoms with E-state index in [9.17, 15) is 4.79 Å². The number of fused-ring (bicyclic) bond motifs is 3. The number of rotatable bonds is 2. The minimum Gasteiger partial charge on any atom is -0.366 e. The van der Waals surface area contributed by atoms with E-state index < -0.39 is 0 Å². The zero-order valence-corrected chi connectivity index (χ0v) is 10.8. The molecule has 0 aromatic carbocycles. The molecule has 3 fully saturated rings. The molecule has 1 saturated heterocycles. The molecule has 2 saturated carbocycles. The Hall–Kier alpha value is -0.630. The van der Waals surface area contributed by atoms with Crippen molar-refractivity contribution in [3.05, 3.63) is 12.2 Å². The molecule has 6 atom stereocenters. The Balaban J connectivity index is 1.88. The second-order valence-electron chi connectivity index (χ2n) is 6.48. The number of carbonyl (C=O) groups is 1. The lowest BCUT2D eigenvalue weighted by molar-refractivity contribution is -0.106. The number of hydrogen-bond acceptors (Lipinski definition) is 2. The van der Waals surface area contributed by atoms with Crippen molar-refractivity contribution in [1.82, 2.24) is 0 Å². The van der Waals surface area contributed by atoms with E-state index in [0.29, 0.717) is 17.9 Å². The van der Waals surface area contributed by atoms with Gasteiger partial charge in [0.05, 0.1) is 11.7 Å². The maximum atomic E-state index is 11.0. The van der Waals surface area contributed by atoms with E-state index in [1.807, 2.05) is 0 Å². The Labute approximate surface area is 103 Å². The SMILES string of the molecule is C=C(C=O)[C@@H]1CC[C@@H](C)[C@@H]2CCC3(C)OC3[C@@H]21. The van der Waals surface area contributed by atoms with E-state index in [1.165, 1.54) is 19.3 Å². The topological polar surface area (TPSA) is 29.6 Å². The van der Waals surface area contributed by atoms with Crippen molar-refractivity contribution < 1.29 is 9.53 Å². The summed E-state index contributed by atoms with van der Waals surface area (Å²) in [6.07, 6.45) is 6.18. The molecule has 2 unspecified atom stereocenters. The fraction of sp³-hybridized carbons (Fsp3) is 0.800. The normalized spacial score (nSPS) is 52.2. The lowest BCUT2D eigenvalue weighted by Crippen LogP contribution is -2.43. The van der Waals surface area contributed by atoms with Gasteiger partial charge in [0, 0.05) is 0 Å². The van der Waals surface area contributed by atoms with E-state index in [-0.39, 0.29) is 5.60 Å². The monoisotopic (exact) mass is 234 g/mol. The number of hydrogen-bond donors (Lipinski definition) is 0. The van der Waals surface area contributed by atoms with Gasteiger partial charge in [0.15, 0.2) is 0 Å². The van der Waals surface area contributed by atoms with Crippen LogP contribution in [0.15, 0.2) is 12.2 Å². The molecule has 1 aliphatic heterocycles. The van der Waals surface area contributed by atoms with Gasteiger partial charge < -0.3 is 4.74 Å². The van der Waals surface area contributed by atoms with Crippen LogP contribution in [0.25, 0.3) is 0 Å². The molecule has 2 nitrogen and oxygen atoms in total. The molecule has 2 heteroatoms. The van der Waals surface area contributed by atoms with Gasteiger partial charge >= 0.3 is 0 Å². The molecular formula is C15H22O2. The molecule has 0 amide bonds. The third-order valence-corrected chi connectivity index (χ3v) is 5.52. The molecule has 0 N–H and O–H groups in total. The second kappa shape index (κ2) is 3.68. The Morgan fingerprint density at radius 1 is 1.41 bits per heavy atom. The van der Waals surface area contributed by atoms with Crippen LogP contribution >= 0.6 is 0 Å². The van der Waals surface area contributed by atoms with Crippen molar-refractivity contribution in [2.45, 2.75) is 51.2 Å². The Kier molecular flexibility index (Phi) is 2.48. The maximum absolute atomic E-state index is 11.0. The minimum absolute atomic E-state index is 0.125. The Bertz CT molecular complexity index is 362. The van der Waals surface area contributed by atoms with Gasteiger partial charge in [-0.3, -0.25) is 4.79 Å². The highest BCUT2D eigenvalue weighted by Gasteiger charge is 2.63. The fourth-order valence-corrected chi connectivity index (χ4v) is 4.36. The molecule has 94 valence electrons. The Morgan fingerprint density at radius 2 is 2.18 bits per heavy atom. The van der Waals surface area contributed by atoms with Crippen LogP contribution in [0.3, 0.4) is 0 Å². The fourth-order valence-electron chi connectivity index (χ4n) is 4.36. The summed E-state index contributed by atoms with van der Waals surface area (Å²) >= 11 is 0. The smallest absolute Gasteiger partial charge is 0.145 e. The Morgan fingerprint density at radius 3 is 2.88 bits per heavy atom. The van der Waals surface area contributed by atoms with Crippen LogP contribution in [-0.4, -0.2) is 18.0 Å². The number of ether oxygens (including phenoxy) is 1. The van der Waals surface area contributed by atoms with E-state index in [1.54, 1.807) is 0 Å². The van der Waals surface area contributed by atoms with Crippen LogP contribution in [0, 0.1) is 23.7 Å². The van der Waals surface area contributed by atoms with Crippen molar-refractivity contribution in [3.8, 4) is 0 Å². The summed E-state index contributed by atoms with van der Waals surface area (Å²) in [6.45, 7) is 8.56. The van der Waals surface area contributed by atoms with Gasteiger partial charge in [-0.1, -0.05) is 13.5 Å². The lowest BCUT2D eigenvalue weighted by Gasteiger charge is -2.44. The summed E-state index contributed by atoms with van der Waals surface area (Å²) in [6, 6.07) is 0. The summed E-state index contributed by atoms with van der Waals surface area (Å²) in [5.41, 5.74) is 0.922. The third-order valence-electron chi connectivity index (χ3n) is 5.52. The number of epoxide rings is 1. The molecule has 0 aromatic heterocycles. The molecular weight excluding hydrogens is 212 g/mol. The van der Waals surface area contributed by atoms with E-state index in [0.717, 1.165) is 30.1 Å². The molecule has 2 aliphatic carbocycles. The lowest BCUT2D eigenvalue weighted by atomic mass is 9.58. The first-order valence-corrected chi connectivity index (χ1v) is 6.88. The van der Waals surface area contributed by atoms with Crippen molar-refractivity contribution in [2.24, 2.45) is 23.7 Å². The van der Waals surface area contributed by atoms with Crippen LogP contribution in [0.2, 0.25) is 0 Å². The molecule has 17 heavy (non-hydrogen) atoms. The van der Waals surface area contributed by atoms with Crippen molar-refractivity contribution >= 4 is 6.29 Å². The number of carbonyl (C=O) groups excluding carboxylic acids is 1.